The molecule has 3 aromatic rings. The van der Waals surface area contributed by atoms with Crippen LogP contribution < -0.4 is 9.47 Å². The Hall–Kier alpha value is -2.99. The quantitative estimate of drug-likeness (QED) is 0.725. The Morgan fingerprint density at radius 3 is 2.68 bits per heavy atom. The van der Waals surface area contributed by atoms with Gasteiger partial charge in [-0.25, -0.2) is 4.98 Å². The van der Waals surface area contributed by atoms with Gasteiger partial charge in [0.2, 0.25) is 0 Å². The van der Waals surface area contributed by atoms with Crippen molar-refractivity contribution in [3.05, 3.63) is 76.3 Å². The average molecular weight is 398 g/mol. The molecule has 1 atom stereocenters. The lowest BCUT2D eigenvalue weighted by atomic mass is 9.90. The fourth-order valence-electron chi connectivity index (χ4n) is 3.59. The van der Waals surface area contributed by atoms with E-state index in [-0.39, 0.29) is 11.8 Å². The molecule has 1 aliphatic rings. The Kier molecular flexibility index (Phi) is 4.96. The number of ether oxygens (including phenoxy) is 2. The Morgan fingerprint density at radius 1 is 1.18 bits per heavy atom. The van der Waals surface area contributed by atoms with E-state index in [9.17, 15) is 4.79 Å². The van der Waals surface area contributed by atoms with Crippen LogP contribution in [0.1, 0.15) is 33.2 Å². The number of nitrogens with zero attached hydrogens (tertiary/aromatic N) is 2. The summed E-state index contributed by atoms with van der Waals surface area (Å²) in [5.41, 5.74) is 3.42. The van der Waals surface area contributed by atoms with Crippen LogP contribution in [-0.4, -0.2) is 41.5 Å². The third-order valence-electron chi connectivity index (χ3n) is 5.03. The minimum absolute atomic E-state index is 0.0324. The molecular formula is C21H20ClN3O3. The fourth-order valence-corrected chi connectivity index (χ4v) is 3.76. The van der Waals surface area contributed by atoms with Gasteiger partial charge in [0.1, 0.15) is 11.5 Å². The van der Waals surface area contributed by atoms with E-state index in [1.54, 1.807) is 43.6 Å². The van der Waals surface area contributed by atoms with E-state index >= 15 is 0 Å². The second-order valence-electron chi connectivity index (χ2n) is 6.62. The zero-order valence-electron chi connectivity index (χ0n) is 15.6. The molecule has 2 aromatic carbocycles. The number of carbonyl (C=O) groups is 1. The van der Waals surface area contributed by atoms with Crippen LogP contribution in [0.5, 0.6) is 11.5 Å². The predicted octanol–water partition coefficient (Wildman–Crippen LogP) is 3.87. The third kappa shape index (κ3) is 3.31. The lowest BCUT2D eigenvalue weighted by Crippen LogP contribution is -2.39. The first-order chi connectivity index (χ1) is 13.6. The molecule has 1 unspecified atom stereocenters. The van der Waals surface area contributed by atoms with Crippen molar-refractivity contribution in [3.63, 3.8) is 0 Å². The SMILES string of the molecule is COc1ccc(C2CN(C(=O)c3cc(Cl)ccc3OC)Cc3[nH]cnc32)cc1. The number of nitrogens with one attached hydrogen (secondary N) is 1. The molecule has 1 N–H and O–H groups in total. The van der Waals surface area contributed by atoms with E-state index in [1.807, 2.05) is 24.3 Å². The first-order valence-electron chi connectivity index (χ1n) is 8.89. The predicted molar refractivity (Wildman–Crippen MR) is 106 cm³/mol. The molecule has 0 aliphatic carbocycles. The van der Waals surface area contributed by atoms with Crippen LogP contribution in [0.2, 0.25) is 5.02 Å². The van der Waals surface area contributed by atoms with Gasteiger partial charge in [-0.05, 0) is 35.9 Å². The second-order valence-corrected chi connectivity index (χ2v) is 7.06. The maximum Gasteiger partial charge on any atom is 0.258 e. The topological polar surface area (TPSA) is 67.4 Å². The maximum absolute atomic E-state index is 13.3. The number of carbonyl (C=O) groups excluding carboxylic acids is 1. The molecule has 0 saturated carbocycles. The van der Waals surface area contributed by atoms with E-state index in [0.29, 0.717) is 29.4 Å². The summed E-state index contributed by atoms with van der Waals surface area (Å²) in [6.07, 6.45) is 1.68. The van der Waals surface area contributed by atoms with Gasteiger partial charge in [-0.3, -0.25) is 4.79 Å². The van der Waals surface area contributed by atoms with Gasteiger partial charge in [-0.2, -0.15) is 0 Å². The summed E-state index contributed by atoms with van der Waals surface area (Å²) < 4.78 is 10.6. The Bertz CT molecular complexity index is 1000. The second kappa shape index (κ2) is 7.56. The van der Waals surface area contributed by atoms with E-state index in [1.165, 1.54) is 0 Å². The number of hydrogen-bond acceptors (Lipinski definition) is 4. The van der Waals surface area contributed by atoms with Gasteiger partial charge in [0, 0.05) is 17.5 Å². The molecule has 1 amide bonds. The van der Waals surface area contributed by atoms with E-state index in [4.69, 9.17) is 21.1 Å². The Morgan fingerprint density at radius 2 is 1.96 bits per heavy atom. The van der Waals surface area contributed by atoms with Crippen molar-refractivity contribution >= 4 is 17.5 Å². The van der Waals surface area contributed by atoms with Gasteiger partial charge in [-0.15, -0.1) is 0 Å². The number of halogens is 1. The molecule has 7 heteroatoms. The van der Waals surface area contributed by atoms with E-state index in [2.05, 4.69) is 9.97 Å². The minimum Gasteiger partial charge on any atom is -0.497 e. The molecule has 2 heterocycles. The normalized spacial score (nSPS) is 15.8. The summed E-state index contributed by atoms with van der Waals surface area (Å²) in [5, 5.41) is 0.495. The average Bonchev–Trinajstić information content (AvgIpc) is 3.21. The van der Waals surface area contributed by atoms with Crippen molar-refractivity contribution in [2.45, 2.75) is 12.5 Å². The number of aromatic nitrogens is 2. The summed E-state index contributed by atoms with van der Waals surface area (Å²) in [5.74, 6) is 1.14. The van der Waals surface area contributed by atoms with Gasteiger partial charge < -0.3 is 19.4 Å². The Balaban J connectivity index is 1.69. The van der Waals surface area contributed by atoms with Crippen molar-refractivity contribution in [1.29, 1.82) is 0 Å². The van der Waals surface area contributed by atoms with Crippen molar-refractivity contribution < 1.29 is 14.3 Å². The van der Waals surface area contributed by atoms with Crippen LogP contribution in [-0.2, 0) is 6.54 Å². The summed E-state index contributed by atoms with van der Waals surface area (Å²) >= 11 is 6.12. The van der Waals surface area contributed by atoms with Gasteiger partial charge in [-0.1, -0.05) is 23.7 Å². The molecule has 0 bridgehead atoms. The van der Waals surface area contributed by atoms with Crippen LogP contribution in [0.4, 0.5) is 0 Å². The number of amides is 1. The van der Waals surface area contributed by atoms with Crippen LogP contribution >= 0.6 is 11.6 Å². The van der Waals surface area contributed by atoms with Crippen molar-refractivity contribution in [1.82, 2.24) is 14.9 Å². The van der Waals surface area contributed by atoms with E-state index < -0.39 is 0 Å². The lowest BCUT2D eigenvalue weighted by molar-refractivity contribution is 0.0718. The molecule has 0 radical (unpaired) electrons. The zero-order chi connectivity index (χ0) is 19.7. The molecule has 0 spiro atoms. The first kappa shape index (κ1) is 18.4. The molecule has 6 nitrogen and oxygen atoms in total. The van der Waals surface area contributed by atoms with Gasteiger partial charge >= 0.3 is 0 Å². The highest BCUT2D eigenvalue weighted by Crippen LogP contribution is 2.34. The Labute approximate surface area is 168 Å². The lowest BCUT2D eigenvalue weighted by Gasteiger charge is -2.32. The maximum atomic E-state index is 13.3. The van der Waals surface area contributed by atoms with Crippen molar-refractivity contribution in [2.75, 3.05) is 20.8 Å². The molecule has 0 fully saturated rings. The zero-order valence-corrected chi connectivity index (χ0v) is 16.4. The standard InChI is InChI=1S/C21H20ClN3O3/c1-27-15-6-3-13(4-7-15)17-10-25(11-18-20(17)24-12-23-18)21(26)16-9-14(22)5-8-19(16)28-2/h3-9,12,17H,10-11H2,1-2H3,(H,23,24). The number of H-pyrrole nitrogens is 1. The van der Waals surface area contributed by atoms with Gasteiger partial charge in [0.15, 0.2) is 0 Å². The molecule has 28 heavy (non-hydrogen) atoms. The van der Waals surface area contributed by atoms with Gasteiger partial charge in [0.05, 0.1) is 44.0 Å². The summed E-state index contributed by atoms with van der Waals surface area (Å²) in [4.78, 5) is 22.7. The molecule has 1 aromatic heterocycles. The molecule has 1 aliphatic heterocycles. The van der Waals surface area contributed by atoms with E-state index in [0.717, 1.165) is 22.7 Å². The van der Waals surface area contributed by atoms with Crippen LogP contribution in [0.25, 0.3) is 0 Å². The highest BCUT2D eigenvalue weighted by atomic mass is 35.5. The highest BCUT2D eigenvalue weighted by molar-refractivity contribution is 6.31. The van der Waals surface area contributed by atoms with Gasteiger partial charge in [0.25, 0.3) is 5.91 Å². The molecule has 4 rings (SSSR count). The largest absolute Gasteiger partial charge is 0.497 e. The minimum atomic E-state index is -0.127. The number of aromatic amines is 1. The first-order valence-corrected chi connectivity index (χ1v) is 9.27. The van der Waals surface area contributed by atoms with Crippen molar-refractivity contribution in [2.24, 2.45) is 0 Å². The highest BCUT2D eigenvalue weighted by Gasteiger charge is 2.32. The molecular weight excluding hydrogens is 378 g/mol. The summed E-state index contributed by atoms with van der Waals surface area (Å²) in [7, 11) is 3.18. The number of fused-ring (bicyclic) bond motifs is 1. The summed E-state index contributed by atoms with van der Waals surface area (Å²) in [6.45, 7) is 0.967. The molecule has 0 saturated heterocycles. The number of methoxy groups -OCH3 is 2. The monoisotopic (exact) mass is 397 g/mol. The van der Waals surface area contributed by atoms with Crippen LogP contribution in [0.15, 0.2) is 48.8 Å². The third-order valence-corrected chi connectivity index (χ3v) is 5.27. The number of imidazole rings is 1. The number of benzene rings is 2. The summed E-state index contributed by atoms with van der Waals surface area (Å²) in [6, 6.07) is 12.9. The molecule has 144 valence electrons. The van der Waals surface area contributed by atoms with Crippen LogP contribution in [0, 0.1) is 0 Å². The smallest absolute Gasteiger partial charge is 0.258 e. The number of hydrogen-bond donors (Lipinski definition) is 1. The number of rotatable bonds is 4. The van der Waals surface area contributed by atoms with Crippen molar-refractivity contribution in [3.8, 4) is 11.5 Å². The fraction of sp³-hybridized carbons (Fsp3) is 0.238. The van der Waals surface area contributed by atoms with Crippen LogP contribution in [0.3, 0.4) is 0 Å².